The predicted molar refractivity (Wildman–Crippen MR) is 77.1 cm³/mol. The van der Waals surface area contributed by atoms with E-state index >= 15 is 0 Å². The van der Waals surface area contributed by atoms with Gasteiger partial charge in [0.1, 0.15) is 17.3 Å². The Kier molecular flexibility index (Phi) is 4.04. The number of nitrogens with zero attached hydrogens (tertiary/aromatic N) is 1. The average molecular weight is 283 g/mol. The molecule has 0 unspecified atom stereocenters. The second-order valence-electron chi connectivity index (χ2n) is 4.85. The lowest BCUT2D eigenvalue weighted by Crippen LogP contribution is -2.00. The first kappa shape index (κ1) is 14.7. The van der Waals surface area contributed by atoms with E-state index < -0.39 is 5.82 Å². The highest BCUT2D eigenvalue weighted by atomic mass is 19.1. The van der Waals surface area contributed by atoms with Crippen molar-refractivity contribution in [3.63, 3.8) is 0 Å². The van der Waals surface area contributed by atoms with E-state index in [2.05, 4.69) is 6.07 Å². The van der Waals surface area contributed by atoms with E-state index in [4.69, 9.17) is 10.00 Å². The number of Topliss-reactive ketones (excluding diaryl/α,β-unsaturated/α-hetero) is 1. The van der Waals surface area contributed by atoms with E-state index in [1.165, 1.54) is 19.1 Å². The molecule has 0 saturated heterocycles. The zero-order valence-electron chi connectivity index (χ0n) is 12.0. The molecule has 0 atom stereocenters. The molecule has 21 heavy (non-hydrogen) atoms. The Hall–Kier alpha value is -2.67. The molecule has 106 valence electrons. The van der Waals surface area contributed by atoms with E-state index in [-0.39, 0.29) is 11.3 Å². The number of rotatable bonds is 3. The first-order chi connectivity index (χ1) is 9.92. The number of benzene rings is 2. The van der Waals surface area contributed by atoms with E-state index in [1.54, 1.807) is 12.1 Å². The van der Waals surface area contributed by atoms with Crippen molar-refractivity contribution < 1.29 is 13.9 Å². The van der Waals surface area contributed by atoms with Crippen LogP contribution in [0.15, 0.2) is 30.3 Å². The SMILES string of the molecule is CC(=O)c1cc(F)ccc1Oc1c(C)cc(C#N)cc1C. The smallest absolute Gasteiger partial charge is 0.163 e. The molecule has 0 aliphatic carbocycles. The summed E-state index contributed by atoms with van der Waals surface area (Å²) in [6, 6.07) is 9.33. The molecule has 4 heteroatoms. The molecule has 0 spiro atoms. The average Bonchev–Trinajstić information content (AvgIpc) is 2.43. The molecule has 0 saturated carbocycles. The number of hydrogen-bond donors (Lipinski definition) is 0. The number of aryl methyl sites for hydroxylation is 2. The molecule has 2 rings (SSSR count). The monoisotopic (exact) mass is 283 g/mol. The van der Waals surface area contributed by atoms with E-state index in [1.807, 2.05) is 13.8 Å². The molecule has 0 bridgehead atoms. The third-order valence-electron chi connectivity index (χ3n) is 3.12. The van der Waals surface area contributed by atoms with Crippen LogP contribution >= 0.6 is 0 Å². The Morgan fingerprint density at radius 1 is 1.19 bits per heavy atom. The number of carbonyl (C=O) groups is 1. The highest BCUT2D eigenvalue weighted by Gasteiger charge is 2.14. The van der Waals surface area contributed by atoms with Crippen LogP contribution in [0.2, 0.25) is 0 Å². The second-order valence-corrected chi connectivity index (χ2v) is 4.85. The number of carbonyl (C=O) groups excluding carboxylic acids is 1. The van der Waals surface area contributed by atoms with Gasteiger partial charge in [-0.2, -0.15) is 5.26 Å². The molecular formula is C17H14FNO2. The van der Waals surface area contributed by atoms with Crippen LogP contribution in [-0.2, 0) is 0 Å². The van der Waals surface area contributed by atoms with Gasteiger partial charge in [0.25, 0.3) is 0 Å². The predicted octanol–water partition coefficient (Wildman–Crippen LogP) is 4.31. The normalized spacial score (nSPS) is 10.0. The number of ether oxygens (including phenoxy) is 1. The van der Waals surface area contributed by atoms with Crippen LogP contribution in [0.5, 0.6) is 11.5 Å². The van der Waals surface area contributed by atoms with Crippen LogP contribution in [0.25, 0.3) is 0 Å². The molecule has 0 radical (unpaired) electrons. The number of nitriles is 1. The van der Waals surface area contributed by atoms with Crippen molar-refractivity contribution in [2.45, 2.75) is 20.8 Å². The third-order valence-corrected chi connectivity index (χ3v) is 3.12. The van der Waals surface area contributed by atoms with Crippen molar-refractivity contribution in [3.05, 3.63) is 58.4 Å². The summed E-state index contributed by atoms with van der Waals surface area (Å²) in [7, 11) is 0. The van der Waals surface area contributed by atoms with Gasteiger partial charge in [-0.1, -0.05) is 0 Å². The molecule has 0 N–H and O–H groups in total. The molecule has 0 amide bonds. The van der Waals surface area contributed by atoms with Crippen LogP contribution in [0.1, 0.15) is 34.0 Å². The zero-order chi connectivity index (χ0) is 15.6. The summed E-state index contributed by atoms with van der Waals surface area (Å²) in [6.07, 6.45) is 0. The summed E-state index contributed by atoms with van der Waals surface area (Å²) in [6.45, 7) is 5.00. The highest BCUT2D eigenvalue weighted by molar-refractivity contribution is 5.96. The fraction of sp³-hybridized carbons (Fsp3) is 0.176. The Labute approximate surface area is 122 Å². The molecule has 3 nitrogen and oxygen atoms in total. The van der Waals surface area contributed by atoms with E-state index in [0.717, 1.165) is 17.2 Å². The van der Waals surface area contributed by atoms with Gasteiger partial charge in [-0.15, -0.1) is 0 Å². The fourth-order valence-electron chi connectivity index (χ4n) is 2.15. The lowest BCUT2D eigenvalue weighted by atomic mass is 10.1. The Morgan fingerprint density at radius 2 is 1.81 bits per heavy atom. The molecule has 0 fully saturated rings. The largest absolute Gasteiger partial charge is 0.456 e. The van der Waals surface area contributed by atoms with Crippen molar-refractivity contribution in [1.29, 1.82) is 5.26 Å². The molecule has 0 aliphatic rings. The highest BCUT2D eigenvalue weighted by Crippen LogP contribution is 2.32. The lowest BCUT2D eigenvalue weighted by molar-refractivity contribution is 0.101. The molecule has 0 aromatic heterocycles. The van der Waals surface area contributed by atoms with Gasteiger partial charge >= 0.3 is 0 Å². The molecule has 2 aromatic carbocycles. The van der Waals surface area contributed by atoms with Crippen molar-refractivity contribution in [2.24, 2.45) is 0 Å². The maximum atomic E-state index is 13.3. The fourth-order valence-corrected chi connectivity index (χ4v) is 2.15. The van der Waals surface area contributed by atoms with Gasteiger partial charge in [0.15, 0.2) is 5.78 Å². The van der Waals surface area contributed by atoms with Crippen LogP contribution in [-0.4, -0.2) is 5.78 Å². The lowest BCUT2D eigenvalue weighted by Gasteiger charge is -2.14. The summed E-state index contributed by atoms with van der Waals surface area (Å²) in [4.78, 5) is 11.6. The summed E-state index contributed by atoms with van der Waals surface area (Å²) < 4.78 is 19.0. The molecule has 0 aliphatic heterocycles. The molecular weight excluding hydrogens is 269 g/mol. The Bertz CT molecular complexity index is 737. The summed E-state index contributed by atoms with van der Waals surface area (Å²) in [5.74, 6) is 0.122. The van der Waals surface area contributed by atoms with Crippen LogP contribution in [0.4, 0.5) is 4.39 Å². The van der Waals surface area contributed by atoms with Gasteiger partial charge in [-0.25, -0.2) is 4.39 Å². The minimum Gasteiger partial charge on any atom is -0.456 e. The van der Waals surface area contributed by atoms with Gasteiger partial charge in [0, 0.05) is 0 Å². The van der Waals surface area contributed by atoms with Crippen LogP contribution in [0.3, 0.4) is 0 Å². The van der Waals surface area contributed by atoms with Gasteiger partial charge in [0.05, 0.1) is 17.2 Å². The summed E-state index contributed by atoms with van der Waals surface area (Å²) in [5.41, 5.74) is 2.30. The first-order valence-electron chi connectivity index (χ1n) is 6.42. The van der Waals surface area contributed by atoms with Crippen molar-refractivity contribution in [3.8, 4) is 17.6 Å². The molecule has 2 aromatic rings. The topological polar surface area (TPSA) is 50.1 Å². The van der Waals surface area contributed by atoms with E-state index in [0.29, 0.717) is 17.1 Å². The number of hydrogen-bond acceptors (Lipinski definition) is 3. The zero-order valence-corrected chi connectivity index (χ0v) is 12.0. The number of ketones is 1. The maximum Gasteiger partial charge on any atom is 0.163 e. The van der Waals surface area contributed by atoms with Crippen molar-refractivity contribution in [2.75, 3.05) is 0 Å². The Balaban J connectivity index is 2.49. The molecule has 0 heterocycles. The van der Waals surface area contributed by atoms with Crippen LogP contribution in [0, 0.1) is 31.0 Å². The Morgan fingerprint density at radius 3 is 2.33 bits per heavy atom. The maximum absolute atomic E-state index is 13.3. The van der Waals surface area contributed by atoms with Gasteiger partial charge in [-0.3, -0.25) is 4.79 Å². The van der Waals surface area contributed by atoms with Gasteiger partial charge in [0.2, 0.25) is 0 Å². The summed E-state index contributed by atoms with van der Waals surface area (Å²) >= 11 is 0. The number of halogens is 1. The first-order valence-corrected chi connectivity index (χ1v) is 6.42. The minimum absolute atomic E-state index is 0.193. The third kappa shape index (κ3) is 3.09. The quantitative estimate of drug-likeness (QED) is 0.789. The van der Waals surface area contributed by atoms with E-state index in [9.17, 15) is 9.18 Å². The minimum atomic E-state index is -0.485. The van der Waals surface area contributed by atoms with Crippen molar-refractivity contribution >= 4 is 5.78 Å². The standard InChI is InChI=1S/C17H14FNO2/c1-10-6-13(9-19)7-11(2)17(10)21-16-5-4-14(18)8-15(16)12(3)20/h4-8H,1-3H3. The van der Waals surface area contributed by atoms with Gasteiger partial charge in [-0.05, 0) is 62.2 Å². The van der Waals surface area contributed by atoms with Crippen LogP contribution < -0.4 is 4.74 Å². The van der Waals surface area contributed by atoms with Crippen molar-refractivity contribution in [1.82, 2.24) is 0 Å². The van der Waals surface area contributed by atoms with Gasteiger partial charge < -0.3 is 4.74 Å². The second kappa shape index (κ2) is 5.76. The summed E-state index contributed by atoms with van der Waals surface area (Å²) in [5, 5.41) is 8.94.